The third kappa shape index (κ3) is 4.63. The van der Waals surface area contributed by atoms with Crippen molar-refractivity contribution in [3.63, 3.8) is 0 Å². The van der Waals surface area contributed by atoms with Crippen molar-refractivity contribution in [3.8, 4) is 0 Å². The van der Waals surface area contributed by atoms with Gasteiger partial charge in [0.15, 0.2) is 11.5 Å². The normalized spacial score (nSPS) is 28.9. The Balaban J connectivity index is 1.33. The van der Waals surface area contributed by atoms with Crippen molar-refractivity contribution in [1.82, 2.24) is 20.5 Å². The van der Waals surface area contributed by atoms with Gasteiger partial charge in [0.05, 0.1) is 5.92 Å². The highest BCUT2D eigenvalue weighted by Gasteiger charge is 2.52. The second kappa shape index (κ2) is 10.1. The van der Waals surface area contributed by atoms with Crippen molar-refractivity contribution in [1.29, 1.82) is 0 Å². The SMILES string of the molecule is CCCN1C(=O)C2CCC(C(=O)NC3CCCC3)CC2N2C(SCc3cccc(F)c3)=NNC12. The molecule has 4 unspecified atom stereocenters. The van der Waals surface area contributed by atoms with Crippen LogP contribution in [-0.4, -0.2) is 51.7 Å². The summed E-state index contributed by atoms with van der Waals surface area (Å²) in [5, 5.41) is 8.68. The summed E-state index contributed by atoms with van der Waals surface area (Å²) in [6.07, 6.45) is 7.19. The molecule has 4 aliphatic rings. The molecule has 4 atom stereocenters. The zero-order chi connectivity index (χ0) is 23.7. The van der Waals surface area contributed by atoms with E-state index in [-0.39, 0.29) is 41.8 Å². The highest BCUT2D eigenvalue weighted by atomic mass is 32.2. The lowest BCUT2D eigenvalue weighted by molar-refractivity contribution is -0.157. The van der Waals surface area contributed by atoms with Crippen LogP contribution in [0.1, 0.15) is 63.9 Å². The second-order valence-corrected chi connectivity index (χ2v) is 10.9. The molecule has 34 heavy (non-hydrogen) atoms. The molecule has 1 aromatic rings. The van der Waals surface area contributed by atoms with Crippen LogP contribution in [0.15, 0.2) is 29.4 Å². The van der Waals surface area contributed by atoms with E-state index < -0.39 is 0 Å². The van der Waals surface area contributed by atoms with E-state index in [4.69, 9.17) is 0 Å². The van der Waals surface area contributed by atoms with Crippen LogP contribution in [0.4, 0.5) is 4.39 Å². The van der Waals surface area contributed by atoms with E-state index in [2.05, 4.69) is 27.7 Å². The summed E-state index contributed by atoms with van der Waals surface area (Å²) >= 11 is 1.55. The molecule has 0 aromatic heterocycles. The van der Waals surface area contributed by atoms with Gasteiger partial charge in [0.2, 0.25) is 11.8 Å². The number of amidine groups is 1. The maximum atomic E-state index is 13.7. The topological polar surface area (TPSA) is 77.0 Å². The Labute approximate surface area is 204 Å². The molecule has 5 rings (SSSR count). The van der Waals surface area contributed by atoms with Crippen LogP contribution in [0.2, 0.25) is 0 Å². The third-order valence-corrected chi connectivity index (χ3v) is 8.66. The molecular weight excluding hydrogens is 453 g/mol. The third-order valence-electron chi connectivity index (χ3n) is 7.62. The van der Waals surface area contributed by atoms with Gasteiger partial charge >= 0.3 is 0 Å². The highest BCUT2D eigenvalue weighted by Crippen LogP contribution is 2.41. The minimum Gasteiger partial charge on any atom is -0.353 e. The number of hydrogen-bond acceptors (Lipinski definition) is 6. The Morgan fingerprint density at radius 2 is 2.09 bits per heavy atom. The van der Waals surface area contributed by atoms with Crippen LogP contribution in [0.25, 0.3) is 0 Å². The van der Waals surface area contributed by atoms with Crippen molar-refractivity contribution >= 4 is 28.7 Å². The monoisotopic (exact) mass is 487 g/mol. The van der Waals surface area contributed by atoms with Crippen LogP contribution < -0.4 is 10.7 Å². The molecule has 2 amide bonds. The van der Waals surface area contributed by atoms with E-state index in [1.54, 1.807) is 23.9 Å². The Bertz CT molecular complexity index is 953. The van der Waals surface area contributed by atoms with Gasteiger partial charge in [-0.05, 0) is 56.2 Å². The summed E-state index contributed by atoms with van der Waals surface area (Å²) in [7, 11) is 0. The fourth-order valence-electron chi connectivity index (χ4n) is 5.94. The minimum absolute atomic E-state index is 0.0626. The Hall–Kier alpha value is -2.29. The molecule has 0 spiro atoms. The molecule has 0 radical (unpaired) electrons. The van der Waals surface area contributed by atoms with Crippen LogP contribution in [0.5, 0.6) is 0 Å². The van der Waals surface area contributed by atoms with Gasteiger partial charge in [0.1, 0.15) is 5.82 Å². The number of carbonyl (C=O) groups is 2. The zero-order valence-electron chi connectivity index (χ0n) is 19.7. The van der Waals surface area contributed by atoms with E-state index in [1.807, 2.05) is 11.0 Å². The van der Waals surface area contributed by atoms with Gasteiger partial charge in [-0.3, -0.25) is 15.0 Å². The first-order valence-electron chi connectivity index (χ1n) is 12.6. The number of hydrazone groups is 1. The molecule has 1 aromatic carbocycles. The maximum Gasteiger partial charge on any atom is 0.230 e. The predicted molar refractivity (Wildman–Crippen MR) is 131 cm³/mol. The van der Waals surface area contributed by atoms with Crippen molar-refractivity contribution < 1.29 is 14.0 Å². The number of benzene rings is 1. The molecule has 2 N–H and O–H groups in total. The van der Waals surface area contributed by atoms with Crippen LogP contribution in [0, 0.1) is 17.7 Å². The number of hydrogen-bond donors (Lipinski definition) is 2. The van der Waals surface area contributed by atoms with Gasteiger partial charge in [-0.25, -0.2) is 4.39 Å². The molecule has 3 fully saturated rings. The number of nitrogens with one attached hydrogen (secondary N) is 2. The van der Waals surface area contributed by atoms with Gasteiger partial charge in [0, 0.05) is 30.3 Å². The van der Waals surface area contributed by atoms with Crippen LogP contribution >= 0.6 is 11.8 Å². The van der Waals surface area contributed by atoms with E-state index >= 15 is 0 Å². The average molecular weight is 488 g/mol. The van der Waals surface area contributed by atoms with Gasteiger partial charge in [0.25, 0.3) is 0 Å². The van der Waals surface area contributed by atoms with Gasteiger partial charge in [-0.1, -0.05) is 43.7 Å². The molecule has 1 saturated heterocycles. The van der Waals surface area contributed by atoms with Gasteiger partial charge < -0.3 is 15.1 Å². The van der Waals surface area contributed by atoms with E-state index in [1.165, 1.54) is 18.9 Å². The highest BCUT2D eigenvalue weighted by molar-refractivity contribution is 8.13. The zero-order valence-corrected chi connectivity index (χ0v) is 20.5. The van der Waals surface area contributed by atoms with Crippen molar-refractivity contribution in [2.75, 3.05) is 6.54 Å². The lowest BCUT2D eigenvalue weighted by Gasteiger charge is -2.51. The first-order valence-corrected chi connectivity index (χ1v) is 13.6. The summed E-state index contributed by atoms with van der Waals surface area (Å²) < 4.78 is 13.7. The molecule has 2 heterocycles. The molecule has 0 bridgehead atoms. The standard InChI is InChI=1S/C25H34FN5O2S/c1-2-12-30-23(33)20-11-10-17(22(32)27-19-8-3-4-9-19)14-21(20)31-24(30)28-29-25(31)34-15-16-6-5-7-18(26)13-16/h5-7,13,17,19-21,24,28H,2-4,8-12,14-15H2,1H3,(H,27,32). The van der Waals surface area contributed by atoms with Gasteiger partial charge in [-0.15, -0.1) is 0 Å². The fourth-order valence-corrected chi connectivity index (χ4v) is 6.92. The number of nitrogens with zero attached hydrogens (tertiary/aromatic N) is 3. The lowest BCUT2D eigenvalue weighted by atomic mass is 9.75. The predicted octanol–water partition coefficient (Wildman–Crippen LogP) is 3.61. The fraction of sp³-hybridized carbons (Fsp3) is 0.640. The first kappa shape index (κ1) is 23.5. The largest absolute Gasteiger partial charge is 0.353 e. The summed E-state index contributed by atoms with van der Waals surface area (Å²) in [6, 6.07) is 6.86. The molecular formula is C25H34FN5O2S. The quantitative estimate of drug-likeness (QED) is 0.641. The number of amides is 2. The molecule has 184 valence electrons. The smallest absolute Gasteiger partial charge is 0.230 e. The maximum absolute atomic E-state index is 13.7. The van der Waals surface area contributed by atoms with Crippen LogP contribution in [-0.2, 0) is 15.3 Å². The minimum atomic E-state index is -0.319. The van der Waals surface area contributed by atoms with E-state index in [9.17, 15) is 14.0 Å². The number of carbonyl (C=O) groups excluding carboxylic acids is 2. The van der Waals surface area contributed by atoms with Gasteiger partial charge in [-0.2, -0.15) is 5.10 Å². The summed E-state index contributed by atoms with van der Waals surface area (Å²) in [6.45, 7) is 2.74. The summed E-state index contributed by atoms with van der Waals surface area (Å²) in [4.78, 5) is 30.6. The molecule has 2 aliphatic carbocycles. The van der Waals surface area contributed by atoms with Crippen molar-refractivity contribution in [3.05, 3.63) is 35.6 Å². The lowest BCUT2D eigenvalue weighted by Crippen LogP contribution is -2.68. The molecule has 7 nitrogen and oxygen atoms in total. The molecule has 9 heteroatoms. The Morgan fingerprint density at radius 1 is 1.26 bits per heavy atom. The van der Waals surface area contributed by atoms with E-state index in [0.717, 1.165) is 42.8 Å². The molecule has 2 saturated carbocycles. The molecule has 2 aliphatic heterocycles. The Morgan fingerprint density at radius 3 is 2.85 bits per heavy atom. The number of rotatable bonds is 6. The van der Waals surface area contributed by atoms with Crippen LogP contribution in [0.3, 0.4) is 0 Å². The number of halogens is 1. The summed E-state index contributed by atoms with van der Waals surface area (Å²) in [5.74, 6) is 0.446. The second-order valence-electron chi connectivity index (χ2n) is 9.93. The van der Waals surface area contributed by atoms with Crippen molar-refractivity contribution in [2.45, 2.75) is 82.4 Å². The number of thioether (sulfide) groups is 1. The van der Waals surface area contributed by atoms with E-state index in [0.29, 0.717) is 24.8 Å². The number of fused-ring (bicyclic) bond motifs is 3. The Kier molecular flexibility index (Phi) is 6.99. The van der Waals surface area contributed by atoms with Crippen molar-refractivity contribution in [2.24, 2.45) is 16.9 Å². The summed E-state index contributed by atoms with van der Waals surface area (Å²) in [5.41, 5.74) is 4.07. The first-order chi connectivity index (χ1) is 16.5. The average Bonchev–Trinajstić information content (AvgIpc) is 3.50.